The number of urea groups is 1. The highest BCUT2D eigenvalue weighted by molar-refractivity contribution is 5.75. The molecule has 3 heterocycles. The zero-order valence-electron chi connectivity index (χ0n) is 18.8. The van der Waals surface area contributed by atoms with E-state index in [0.717, 1.165) is 18.2 Å². The summed E-state index contributed by atoms with van der Waals surface area (Å²) in [5, 5.41) is 13.4. The van der Waals surface area contributed by atoms with Crippen LogP contribution in [0, 0.1) is 11.6 Å². The Bertz CT molecular complexity index is 1260. The molecule has 1 N–H and O–H groups in total. The van der Waals surface area contributed by atoms with Gasteiger partial charge in [0, 0.05) is 25.1 Å². The van der Waals surface area contributed by atoms with E-state index >= 15 is 0 Å². The number of alkyl halides is 3. The smallest absolute Gasteiger partial charge is 0.389 e. The van der Waals surface area contributed by atoms with Gasteiger partial charge in [0.1, 0.15) is 11.6 Å². The molecule has 5 rings (SSSR count). The van der Waals surface area contributed by atoms with E-state index in [9.17, 15) is 31.9 Å². The van der Waals surface area contributed by atoms with Crippen LogP contribution < -0.4 is 0 Å². The number of hydrogen-bond acceptors (Lipinski definition) is 5. The van der Waals surface area contributed by atoms with Crippen LogP contribution in [0.5, 0.6) is 0 Å². The van der Waals surface area contributed by atoms with Gasteiger partial charge in [-0.1, -0.05) is 17.3 Å². The number of aromatic nitrogens is 2. The summed E-state index contributed by atoms with van der Waals surface area (Å²) < 4.78 is 71.9. The minimum atomic E-state index is -4.47. The fraction of sp³-hybridized carbons (Fsp3) is 0.375. The molecule has 2 saturated heterocycles. The molecule has 0 aliphatic carbocycles. The third kappa shape index (κ3) is 4.77. The SMILES string of the molecule is O=C(N1CC(O)C1)N1CC(c2ccc(C(F)(F)F)cc2)CC(c2nc(-c3ccc(F)cc3F)no2)C1. The minimum Gasteiger partial charge on any atom is -0.389 e. The van der Waals surface area contributed by atoms with Crippen molar-refractivity contribution in [2.75, 3.05) is 26.2 Å². The third-order valence-electron chi connectivity index (χ3n) is 6.53. The van der Waals surface area contributed by atoms with Crippen molar-refractivity contribution in [3.63, 3.8) is 0 Å². The first kappa shape index (κ1) is 24.2. The molecule has 0 bridgehead atoms. The Morgan fingerprint density at radius 2 is 1.64 bits per heavy atom. The van der Waals surface area contributed by atoms with Crippen LogP contribution in [-0.2, 0) is 6.18 Å². The standard InChI is InChI=1S/C24H21F5N4O3/c25-17-5-6-19(20(26)8-17)21-30-22(36-31-21)15-7-14(13-1-3-16(4-2-13)24(27,28)29)9-32(10-15)23(35)33-11-18(34)12-33/h1-6,8,14-15,18,34H,7,9-12H2. The number of aliphatic hydroxyl groups excluding tert-OH is 1. The summed E-state index contributed by atoms with van der Waals surface area (Å²) >= 11 is 0. The number of likely N-dealkylation sites (tertiary alicyclic amines) is 2. The average molecular weight is 508 g/mol. The van der Waals surface area contributed by atoms with E-state index < -0.39 is 35.4 Å². The van der Waals surface area contributed by atoms with Crippen molar-refractivity contribution >= 4 is 6.03 Å². The Morgan fingerprint density at radius 1 is 0.972 bits per heavy atom. The van der Waals surface area contributed by atoms with Crippen molar-refractivity contribution in [1.29, 1.82) is 0 Å². The number of carbonyl (C=O) groups excluding carboxylic acids is 1. The van der Waals surface area contributed by atoms with E-state index in [2.05, 4.69) is 10.1 Å². The van der Waals surface area contributed by atoms with E-state index in [4.69, 9.17) is 4.52 Å². The fourth-order valence-corrected chi connectivity index (χ4v) is 4.61. The number of β-amino-alcohol motifs (C(OH)–C–C–N with tert-alkyl or cyclic N) is 1. The predicted octanol–water partition coefficient (Wildman–Crippen LogP) is 4.40. The van der Waals surface area contributed by atoms with E-state index in [0.29, 0.717) is 18.1 Å². The van der Waals surface area contributed by atoms with Gasteiger partial charge >= 0.3 is 12.2 Å². The van der Waals surface area contributed by atoms with Crippen LogP contribution >= 0.6 is 0 Å². The van der Waals surface area contributed by atoms with Gasteiger partial charge in [0.05, 0.1) is 36.2 Å². The maximum Gasteiger partial charge on any atom is 0.416 e. The molecule has 2 fully saturated rings. The lowest BCUT2D eigenvalue weighted by Crippen LogP contribution is -2.59. The molecule has 2 atom stereocenters. The Morgan fingerprint density at radius 3 is 2.28 bits per heavy atom. The highest BCUT2D eigenvalue weighted by Crippen LogP contribution is 2.38. The van der Waals surface area contributed by atoms with Gasteiger partial charge < -0.3 is 19.4 Å². The van der Waals surface area contributed by atoms with Gasteiger partial charge in [0.2, 0.25) is 11.7 Å². The maximum absolute atomic E-state index is 14.2. The highest BCUT2D eigenvalue weighted by atomic mass is 19.4. The first-order chi connectivity index (χ1) is 17.1. The lowest BCUT2D eigenvalue weighted by molar-refractivity contribution is -0.137. The molecule has 2 aliphatic heterocycles. The summed E-state index contributed by atoms with van der Waals surface area (Å²) in [7, 11) is 0. The van der Waals surface area contributed by atoms with Crippen LogP contribution in [-0.4, -0.2) is 63.4 Å². The number of nitrogens with zero attached hydrogens (tertiary/aromatic N) is 4. The molecule has 0 saturated carbocycles. The molecule has 3 aromatic rings. The first-order valence-corrected chi connectivity index (χ1v) is 11.3. The molecule has 2 amide bonds. The van der Waals surface area contributed by atoms with Crippen LogP contribution in [0.25, 0.3) is 11.4 Å². The molecule has 0 spiro atoms. The Hall–Kier alpha value is -3.54. The van der Waals surface area contributed by atoms with Crippen molar-refractivity contribution < 1.29 is 36.4 Å². The number of carbonyl (C=O) groups is 1. The molecule has 2 aliphatic rings. The number of amides is 2. The van der Waals surface area contributed by atoms with Crippen LogP contribution in [0.2, 0.25) is 0 Å². The quantitative estimate of drug-likeness (QED) is 0.531. The van der Waals surface area contributed by atoms with Gasteiger partial charge in [0.25, 0.3) is 0 Å². The van der Waals surface area contributed by atoms with Gasteiger partial charge in [-0.2, -0.15) is 18.2 Å². The minimum absolute atomic E-state index is 0.0519. The van der Waals surface area contributed by atoms with Crippen LogP contribution in [0.3, 0.4) is 0 Å². The molecule has 36 heavy (non-hydrogen) atoms. The van der Waals surface area contributed by atoms with E-state index in [1.807, 2.05) is 0 Å². The maximum atomic E-state index is 14.2. The van der Waals surface area contributed by atoms with Gasteiger partial charge in [-0.25, -0.2) is 13.6 Å². The zero-order chi connectivity index (χ0) is 25.6. The monoisotopic (exact) mass is 508 g/mol. The number of halogens is 5. The lowest BCUT2D eigenvalue weighted by Gasteiger charge is -2.43. The number of hydrogen-bond donors (Lipinski definition) is 1. The van der Waals surface area contributed by atoms with Crippen molar-refractivity contribution in [3.05, 3.63) is 71.1 Å². The van der Waals surface area contributed by atoms with Crippen molar-refractivity contribution in [2.24, 2.45) is 0 Å². The number of benzene rings is 2. The van der Waals surface area contributed by atoms with Crippen LogP contribution in [0.15, 0.2) is 47.0 Å². The van der Waals surface area contributed by atoms with Gasteiger partial charge in [-0.15, -0.1) is 0 Å². The normalized spacial score (nSPS) is 20.9. The van der Waals surface area contributed by atoms with Crippen LogP contribution in [0.4, 0.5) is 26.7 Å². The predicted molar refractivity (Wildman–Crippen MR) is 116 cm³/mol. The van der Waals surface area contributed by atoms with Gasteiger partial charge in [0.15, 0.2) is 0 Å². The molecule has 2 aromatic carbocycles. The first-order valence-electron chi connectivity index (χ1n) is 11.3. The molecule has 190 valence electrons. The summed E-state index contributed by atoms with van der Waals surface area (Å²) in [6.07, 6.45) is -4.67. The van der Waals surface area contributed by atoms with Crippen molar-refractivity contribution in [2.45, 2.75) is 30.5 Å². The largest absolute Gasteiger partial charge is 0.416 e. The second-order valence-corrected chi connectivity index (χ2v) is 9.08. The summed E-state index contributed by atoms with van der Waals surface area (Å²) in [5.74, 6) is -2.38. The second-order valence-electron chi connectivity index (χ2n) is 9.08. The molecule has 2 unspecified atom stereocenters. The number of rotatable bonds is 3. The van der Waals surface area contributed by atoms with E-state index in [1.165, 1.54) is 23.1 Å². The average Bonchev–Trinajstić information content (AvgIpc) is 3.31. The van der Waals surface area contributed by atoms with E-state index in [-0.39, 0.29) is 55.4 Å². The second kappa shape index (κ2) is 9.16. The summed E-state index contributed by atoms with van der Waals surface area (Å²) in [4.78, 5) is 20.3. The Balaban J connectivity index is 1.42. The lowest BCUT2D eigenvalue weighted by atomic mass is 9.84. The molecule has 1 aromatic heterocycles. The molecule has 0 radical (unpaired) electrons. The molecule has 7 nitrogen and oxygen atoms in total. The Labute approximate surface area is 202 Å². The molecular formula is C24H21F5N4O3. The summed E-state index contributed by atoms with van der Waals surface area (Å²) in [5.41, 5.74) is -0.216. The topological polar surface area (TPSA) is 82.7 Å². The van der Waals surface area contributed by atoms with Crippen molar-refractivity contribution in [3.8, 4) is 11.4 Å². The van der Waals surface area contributed by atoms with Crippen molar-refractivity contribution in [1.82, 2.24) is 19.9 Å². The summed E-state index contributed by atoms with van der Waals surface area (Å²) in [6.45, 7) is 0.829. The fourth-order valence-electron chi connectivity index (χ4n) is 4.61. The van der Waals surface area contributed by atoms with Crippen LogP contribution in [0.1, 0.15) is 35.3 Å². The van der Waals surface area contributed by atoms with Gasteiger partial charge in [-0.3, -0.25) is 0 Å². The molecule has 12 heteroatoms. The summed E-state index contributed by atoms with van der Waals surface area (Å²) in [6, 6.07) is 7.42. The van der Waals surface area contributed by atoms with Gasteiger partial charge in [-0.05, 0) is 36.2 Å². The molecular weight excluding hydrogens is 487 g/mol. The Kier molecular flexibility index (Phi) is 6.15. The number of piperidine rings is 1. The third-order valence-corrected chi connectivity index (χ3v) is 6.53. The zero-order valence-corrected chi connectivity index (χ0v) is 18.8. The number of aliphatic hydroxyl groups is 1. The van der Waals surface area contributed by atoms with E-state index in [1.54, 1.807) is 4.90 Å². The highest BCUT2D eigenvalue weighted by Gasteiger charge is 2.39.